The van der Waals surface area contributed by atoms with Crippen LogP contribution in [0, 0.1) is 11.3 Å². The first-order valence-corrected chi connectivity index (χ1v) is 29.8. The fourth-order valence-electron chi connectivity index (χ4n) is 12.3. The molecule has 3 N–H and O–H groups in total. The van der Waals surface area contributed by atoms with Gasteiger partial charge in [-0.05, 0) is 133 Å². The van der Waals surface area contributed by atoms with Gasteiger partial charge in [0, 0.05) is 111 Å². The molecule has 2 heterocycles. The van der Waals surface area contributed by atoms with Crippen molar-refractivity contribution >= 4 is 97.8 Å². The first-order valence-electron chi connectivity index (χ1n) is 29.3. The molecule has 0 radical (unpaired) electrons. The number of nitriles is 1. The maximum atomic E-state index is 7.32. The number of benzene rings is 12. The molecule has 2 fully saturated rings. The van der Waals surface area contributed by atoms with Crippen LogP contribution in [0.1, 0.15) is 29.2 Å². The van der Waals surface area contributed by atoms with Gasteiger partial charge in [-0.2, -0.15) is 5.26 Å². The van der Waals surface area contributed by atoms with Crippen molar-refractivity contribution < 1.29 is 0 Å². The molecule has 14 rings (SSSR count). The maximum absolute atomic E-state index is 7.32. The lowest BCUT2D eigenvalue weighted by Crippen LogP contribution is -2.35. The number of hydrogen-bond acceptors (Lipinski definition) is 7. The largest absolute Gasteiger partial charge is 0.314 e. The number of hydrogen-bond donors (Lipinski definition) is 3. The summed E-state index contributed by atoms with van der Waals surface area (Å²) >= 11 is 6.08. The number of nitrogens with one attached hydrogen (secondary N) is 3. The van der Waals surface area contributed by atoms with Gasteiger partial charge in [0.1, 0.15) is 0 Å². The number of rotatable bonds is 7. The third kappa shape index (κ3) is 13.3. The van der Waals surface area contributed by atoms with E-state index in [1.807, 2.05) is 0 Å². The summed E-state index contributed by atoms with van der Waals surface area (Å²) in [6.45, 7) is 16.9. The van der Waals surface area contributed by atoms with E-state index < -0.39 is 0 Å². The minimum absolute atomic E-state index is 0.557. The van der Waals surface area contributed by atoms with Crippen molar-refractivity contribution in [1.82, 2.24) is 30.7 Å². The van der Waals surface area contributed by atoms with Crippen molar-refractivity contribution in [3.05, 3.63) is 241 Å². The third-order valence-corrected chi connectivity index (χ3v) is 16.7. The highest BCUT2D eigenvalue weighted by molar-refractivity contribution is 6.20. The summed E-state index contributed by atoms with van der Waals surface area (Å²) in [5.74, 6) is 0.557. The van der Waals surface area contributed by atoms with Crippen LogP contribution < -0.4 is 16.0 Å². The summed E-state index contributed by atoms with van der Waals surface area (Å²) < 4.78 is 0. The van der Waals surface area contributed by atoms with E-state index in [1.54, 1.807) is 6.07 Å². The minimum atomic E-state index is 0.557. The first kappa shape index (κ1) is 56.1. The fraction of sp³-hybridized carbons (Fsp3) is 0.230. The highest BCUT2D eigenvalue weighted by Gasteiger charge is 2.22. The van der Waals surface area contributed by atoms with Gasteiger partial charge in [0.2, 0.25) is 0 Å². The Labute approximate surface area is 488 Å². The predicted molar refractivity (Wildman–Crippen MR) is 351 cm³/mol. The molecule has 2 saturated heterocycles. The average Bonchev–Trinajstić information content (AvgIpc) is 3.92. The molecule has 82 heavy (non-hydrogen) atoms. The van der Waals surface area contributed by atoms with Crippen LogP contribution in [0.15, 0.2) is 218 Å². The zero-order chi connectivity index (χ0) is 55.9. The fourth-order valence-corrected chi connectivity index (χ4v) is 12.6. The Morgan fingerprint density at radius 1 is 0.317 bits per heavy atom. The highest BCUT2D eigenvalue weighted by Crippen LogP contribution is 2.34. The zero-order valence-electron chi connectivity index (χ0n) is 47.3. The molecule has 0 atom stereocenters. The van der Waals surface area contributed by atoms with Crippen LogP contribution >= 0.6 is 11.6 Å². The predicted octanol–water partition coefficient (Wildman–Crippen LogP) is 15.5. The van der Waals surface area contributed by atoms with E-state index in [9.17, 15) is 0 Å². The van der Waals surface area contributed by atoms with E-state index >= 15 is 0 Å². The van der Waals surface area contributed by atoms with Crippen molar-refractivity contribution in [2.45, 2.75) is 32.4 Å². The van der Waals surface area contributed by atoms with Gasteiger partial charge >= 0.3 is 0 Å². The van der Waals surface area contributed by atoms with Gasteiger partial charge in [-0.25, -0.2) is 0 Å². The van der Waals surface area contributed by atoms with Crippen LogP contribution in [0.25, 0.3) is 86.2 Å². The molecule has 412 valence electrons. The van der Waals surface area contributed by atoms with E-state index in [4.69, 9.17) is 16.9 Å². The average molecular weight is 1100 g/mol. The highest BCUT2D eigenvalue weighted by atomic mass is 35.5. The van der Waals surface area contributed by atoms with E-state index in [0.717, 1.165) is 98.2 Å². The summed E-state index contributed by atoms with van der Waals surface area (Å²) in [6, 6.07) is 81.7. The van der Waals surface area contributed by atoms with E-state index in [0.29, 0.717) is 5.88 Å². The number of nitrogens with zero attached hydrogens (tertiary/aromatic N) is 4. The molecule has 0 amide bonds. The van der Waals surface area contributed by atoms with Gasteiger partial charge in [0.15, 0.2) is 0 Å². The molecule has 12 aromatic rings. The first-order chi connectivity index (χ1) is 40.6. The van der Waals surface area contributed by atoms with Gasteiger partial charge < -0.3 is 16.0 Å². The Balaban J connectivity index is 0.000000205. The Bertz CT molecular complexity index is 3590. The SMILES string of the molecule is C1CNCCNCCN1.CC#N.ClCc1c2ccccc2cc2ccccc12.c1ccc2c(CN3CCN(Cc4c5ccccc5cc5ccccc45)CCN(Cc4c5ccccc5cc5ccccc45)CC3)c3ccccc3cc2c1. The third-order valence-electron chi connectivity index (χ3n) is 16.4. The lowest BCUT2D eigenvalue weighted by Gasteiger charge is -2.27. The lowest BCUT2D eigenvalue weighted by molar-refractivity contribution is 0.211. The number of halogens is 1. The second-order valence-electron chi connectivity index (χ2n) is 21.6. The second-order valence-corrected chi connectivity index (χ2v) is 21.9. The van der Waals surface area contributed by atoms with Crippen LogP contribution in [-0.2, 0) is 25.5 Å². The zero-order valence-corrected chi connectivity index (χ0v) is 48.0. The van der Waals surface area contributed by atoms with Crippen molar-refractivity contribution in [3.8, 4) is 6.07 Å². The molecule has 7 nitrogen and oxygen atoms in total. The van der Waals surface area contributed by atoms with Gasteiger partial charge in [0.05, 0.1) is 6.07 Å². The Kier molecular flexibility index (Phi) is 19.0. The number of alkyl halides is 1. The number of fused-ring (bicyclic) bond motifs is 8. The lowest BCUT2D eigenvalue weighted by atomic mass is 9.96. The topological polar surface area (TPSA) is 69.6 Å². The molecule has 0 aliphatic carbocycles. The van der Waals surface area contributed by atoms with Crippen LogP contribution in [-0.4, -0.2) is 93.2 Å². The molecule has 0 unspecified atom stereocenters. The van der Waals surface area contributed by atoms with E-state index in [1.165, 1.54) is 115 Å². The summed E-state index contributed by atoms with van der Waals surface area (Å²) in [6.07, 6.45) is 0. The normalized spacial score (nSPS) is 15.0. The molecular weight excluding hydrogens is 1020 g/mol. The standard InChI is InChI=1S/C51H45N3.C15H11Cl.C6H15N3.C2H3N/c1-7-19-43-37(13-1)31-38-14-2-8-20-44(38)49(43)34-52-25-27-53(35-50-45-21-9-3-15-39(45)32-40-16-4-10-22-46(40)50)29-30-54(28-26-52)36-51-47-23-11-5-17-41(47)33-42-18-6-12-24-48(42)51;16-10-15-13-7-3-1-5-11(13)9-12-6-2-4-8-14(12)15;1-2-8-5-6-9-4-3-7-1;1-2-3/h1-24,31-33H,25-30,34-36H2;1-9H,10H2;7-9H,1-6H2;1H3. The van der Waals surface area contributed by atoms with Crippen molar-refractivity contribution in [2.75, 3.05) is 78.5 Å². The summed E-state index contributed by atoms with van der Waals surface area (Å²) in [4.78, 5) is 8.21. The molecule has 0 bridgehead atoms. The molecule has 12 aromatic carbocycles. The molecule has 8 heteroatoms. The molecule has 0 spiro atoms. The smallest absolute Gasteiger partial charge is 0.0587 e. The minimum Gasteiger partial charge on any atom is -0.314 e. The molecule has 2 aliphatic heterocycles. The maximum Gasteiger partial charge on any atom is 0.0587 e. The van der Waals surface area contributed by atoms with Gasteiger partial charge in [0.25, 0.3) is 0 Å². The monoisotopic (exact) mass is 1100 g/mol. The van der Waals surface area contributed by atoms with Gasteiger partial charge in [-0.15, -0.1) is 11.6 Å². The molecule has 0 aromatic heterocycles. The second kappa shape index (κ2) is 27.8. The summed E-state index contributed by atoms with van der Waals surface area (Å²) in [7, 11) is 0. The van der Waals surface area contributed by atoms with Crippen molar-refractivity contribution in [1.29, 1.82) is 5.26 Å². The van der Waals surface area contributed by atoms with Crippen LogP contribution in [0.4, 0.5) is 0 Å². The molecule has 2 aliphatic rings. The molecular formula is C74H74ClN7. The van der Waals surface area contributed by atoms with Crippen LogP contribution in [0.2, 0.25) is 0 Å². The quantitative estimate of drug-likeness (QED) is 0.109. The van der Waals surface area contributed by atoms with Gasteiger partial charge in [-0.3, -0.25) is 14.7 Å². The summed E-state index contributed by atoms with van der Waals surface area (Å²) in [5, 5.41) is 38.4. The Morgan fingerprint density at radius 2 is 0.488 bits per heavy atom. The molecule has 0 saturated carbocycles. The van der Waals surface area contributed by atoms with Gasteiger partial charge in [-0.1, -0.05) is 194 Å². The Hall–Kier alpha value is -7.74. The Morgan fingerprint density at radius 3 is 0.671 bits per heavy atom. The van der Waals surface area contributed by atoms with E-state index in [2.05, 4.69) is 249 Å². The van der Waals surface area contributed by atoms with Crippen LogP contribution in [0.5, 0.6) is 0 Å². The van der Waals surface area contributed by atoms with E-state index in [-0.39, 0.29) is 0 Å². The summed E-state index contributed by atoms with van der Waals surface area (Å²) in [5.41, 5.74) is 5.57. The van der Waals surface area contributed by atoms with Crippen LogP contribution in [0.3, 0.4) is 0 Å². The van der Waals surface area contributed by atoms with Crippen molar-refractivity contribution in [3.63, 3.8) is 0 Å². The van der Waals surface area contributed by atoms with Crippen molar-refractivity contribution in [2.24, 2.45) is 0 Å².